The smallest absolute Gasteiger partial charge is 0.338 e. The molecule has 1 aliphatic rings. The van der Waals surface area contributed by atoms with E-state index in [-0.39, 0.29) is 24.5 Å². The molecule has 0 aromatic heterocycles. The van der Waals surface area contributed by atoms with Crippen LogP contribution >= 0.6 is 0 Å². The summed E-state index contributed by atoms with van der Waals surface area (Å²) in [5, 5.41) is 8.29. The van der Waals surface area contributed by atoms with Gasteiger partial charge in [0.15, 0.2) is 18.1 Å². The molecule has 0 fully saturated rings. The van der Waals surface area contributed by atoms with Crippen molar-refractivity contribution < 1.29 is 28.6 Å². The Morgan fingerprint density at radius 1 is 1.03 bits per heavy atom. The summed E-state index contributed by atoms with van der Waals surface area (Å²) in [6.07, 6.45) is -0.325. The van der Waals surface area contributed by atoms with Crippen LogP contribution in [0.25, 0.3) is 0 Å². The number of esters is 1. The molecule has 9 nitrogen and oxygen atoms in total. The molecule has 0 saturated carbocycles. The number of carbonyl (C=O) groups excluding carboxylic acids is 3. The molecule has 0 spiro atoms. The maximum Gasteiger partial charge on any atom is 0.338 e. The van der Waals surface area contributed by atoms with E-state index in [1.165, 1.54) is 7.11 Å². The molecule has 3 N–H and O–H groups in total. The number of benzene rings is 2. The average molecular weight is 482 g/mol. The molecular formula is C26H31N3O6. The highest BCUT2D eigenvalue weighted by Crippen LogP contribution is 2.36. The zero-order valence-electron chi connectivity index (χ0n) is 20.5. The van der Waals surface area contributed by atoms with E-state index in [9.17, 15) is 14.4 Å². The Kier molecular flexibility index (Phi) is 8.35. The van der Waals surface area contributed by atoms with Crippen molar-refractivity contribution >= 4 is 23.6 Å². The summed E-state index contributed by atoms with van der Waals surface area (Å²) in [6.45, 7) is 7.08. The number of para-hydroxylation sites is 1. The number of carbonyl (C=O) groups is 3. The van der Waals surface area contributed by atoms with Gasteiger partial charge in [-0.15, -0.1) is 0 Å². The third kappa shape index (κ3) is 6.53. The van der Waals surface area contributed by atoms with Crippen LogP contribution in [-0.2, 0) is 14.3 Å². The van der Waals surface area contributed by atoms with Crippen LogP contribution in [0.1, 0.15) is 39.3 Å². The Hall–Kier alpha value is -4.01. The highest BCUT2D eigenvalue weighted by Gasteiger charge is 2.35. The number of urea groups is 1. The van der Waals surface area contributed by atoms with Crippen molar-refractivity contribution in [1.82, 2.24) is 10.6 Å². The third-order valence-corrected chi connectivity index (χ3v) is 5.18. The van der Waals surface area contributed by atoms with Gasteiger partial charge in [0.2, 0.25) is 0 Å². The van der Waals surface area contributed by atoms with Crippen LogP contribution in [0.15, 0.2) is 59.8 Å². The fraction of sp³-hybridized carbons (Fsp3) is 0.346. The molecule has 9 heteroatoms. The summed E-state index contributed by atoms with van der Waals surface area (Å²) in [7, 11) is 1.47. The number of rotatable bonds is 9. The van der Waals surface area contributed by atoms with Gasteiger partial charge in [0, 0.05) is 11.4 Å². The number of nitrogens with one attached hydrogen (secondary N) is 3. The number of methoxy groups -OCH3 is 1. The Morgan fingerprint density at radius 3 is 2.37 bits per heavy atom. The minimum atomic E-state index is -0.753. The second kappa shape index (κ2) is 11.4. The predicted molar refractivity (Wildman–Crippen MR) is 131 cm³/mol. The molecule has 2 aromatic rings. The van der Waals surface area contributed by atoms with Crippen LogP contribution in [-0.4, -0.2) is 37.7 Å². The van der Waals surface area contributed by atoms with E-state index in [1.807, 2.05) is 32.0 Å². The van der Waals surface area contributed by atoms with Crippen molar-refractivity contribution in [3.05, 3.63) is 65.4 Å². The lowest BCUT2D eigenvalue weighted by molar-refractivity contribution is -0.143. The monoisotopic (exact) mass is 481 g/mol. The van der Waals surface area contributed by atoms with E-state index in [0.29, 0.717) is 34.0 Å². The molecule has 1 unspecified atom stereocenters. The standard InChI is InChI=1S/C26H31N3O6/c1-15(2)23-22(25(31)35-16(3)4)24(29-26(32)28-23)17-11-12-19(20(13-17)33-5)34-14-21(30)27-18-9-7-6-8-10-18/h6-13,15-16,24H,14H2,1-5H3,(H,27,30)(H2,28,29,32). The molecule has 0 saturated heterocycles. The van der Waals surface area contributed by atoms with Crippen molar-refractivity contribution in [3.8, 4) is 11.5 Å². The number of allylic oxidation sites excluding steroid dienone is 1. The first-order valence-electron chi connectivity index (χ1n) is 11.4. The first-order chi connectivity index (χ1) is 16.7. The lowest BCUT2D eigenvalue weighted by atomic mass is 9.91. The maximum atomic E-state index is 13.0. The zero-order chi connectivity index (χ0) is 25.5. The van der Waals surface area contributed by atoms with Gasteiger partial charge in [0.05, 0.1) is 24.8 Å². The molecule has 2 aromatic carbocycles. The molecule has 0 bridgehead atoms. The Balaban J connectivity index is 1.85. The van der Waals surface area contributed by atoms with E-state index < -0.39 is 18.0 Å². The van der Waals surface area contributed by atoms with Gasteiger partial charge in [-0.05, 0) is 49.6 Å². The average Bonchev–Trinajstić information content (AvgIpc) is 2.82. The van der Waals surface area contributed by atoms with Crippen molar-refractivity contribution in [2.75, 3.05) is 19.0 Å². The number of amides is 3. The largest absolute Gasteiger partial charge is 0.493 e. The van der Waals surface area contributed by atoms with E-state index in [4.69, 9.17) is 14.2 Å². The number of hydrogen-bond acceptors (Lipinski definition) is 6. The SMILES string of the molecule is COc1cc(C2NC(=O)NC(C(C)C)=C2C(=O)OC(C)C)ccc1OCC(=O)Nc1ccccc1. The van der Waals surface area contributed by atoms with Crippen LogP contribution in [0.5, 0.6) is 11.5 Å². The van der Waals surface area contributed by atoms with Crippen molar-refractivity contribution in [3.63, 3.8) is 0 Å². The zero-order valence-corrected chi connectivity index (χ0v) is 20.5. The van der Waals surface area contributed by atoms with Gasteiger partial charge in [0.25, 0.3) is 5.91 Å². The second-order valence-electron chi connectivity index (χ2n) is 8.58. The number of hydrogen-bond donors (Lipinski definition) is 3. The molecule has 3 rings (SSSR count). The minimum absolute atomic E-state index is 0.120. The summed E-state index contributed by atoms with van der Waals surface area (Å²) in [6, 6.07) is 12.9. The van der Waals surface area contributed by atoms with Gasteiger partial charge in [-0.25, -0.2) is 9.59 Å². The Bertz CT molecular complexity index is 1110. The van der Waals surface area contributed by atoms with Gasteiger partial charge in [-0.2, -0.15) is 0 Å². The quantitative estimate of drug-likeness (QED) is 0.468. The first kappa shape index (κ1) is 25.6. The summed E-state index contributed by atoms with van der Waals surface area (Å²) in [5.41, 5.74) is 2.10. The first-order valence-corrected chi connectivity index (χ1v) is 11.4. The van der Waals surface area contributed by atoms with Crippen LogP contribution in [0.3, 0.4) is 0 Å². The molecule has 186 valence electrons. The van der Waals surface area contributed by atoms with Crippen LogP contribution in [0.4, 0.5) is 10.5 Å². The van der Waals surface area contributed by atoms with E-state index >= 15 is 0 Å². The molecule has 1 heterocycles. The van der Waals surface area contributed by atoms with Gasteiger partial charge < -0.3 is 30.2 Å². The molecule has 1 aliphatic heterocycles. The summed E-state index contributed by atoms with van der Waals surface area (Å²) in [5.74, 6) is -0.260. The fourth-order valence-corrected chi connectivity index (χ4v) is 3.64. The highest BCUT2D eigenvalue weighted by molar-refractivity contribution is 5.95. The summed E-state index contributed by atoms with van der Waals surface area (Å²) < 4.78 is 16.6. The van der Waals surface area contributed by atoms with E-state index in [1.54, 1.807) is 44.2 Å². The molecule has 0 radical (unpaired) electrons. The lowest BCUT2D eigenvalue weighted by Gasteiger charge is -2.31. The Morgan fingerprint density at radius 2 is 1.74 bits per heavy atom. The number of anilines is 1. The second-order valence-corrected chi connectivity index (χ2v) is 8.58. The number of ether oxygens (including phenoxy) is 3. The van der Waals surface area contributed by atoms with Crippen LogP contribution < -0.4 is 25.4 Å². The summed E-state index contributed by atoms with van der Waals surface area (Å²) in [4.78, 5) is 37.6. The molecule has 0 aliphatic carbocycles. The van der Waals surface area contributed by atoms with Crippen molar-refractivity contribution in [2.45, 2.75) is 39.8 Å². The van der Waals surface area contributed by atoms with Crippen molar-refractivity contribution in [1.29, 1.82) is 0 Å². The molecule has 3 amide bonds. The van der Waals surface area contributed by atoms with Gasteiger partial charge in [-0.1, -0.05) is 38.1 Å². The topological polar surface area (TPSA) is 115 Å². The maximum absolute atomic E-state index is 13.0. The Labute approximate surface area is 204 Å². The third-order valence-electron chi connectivity index (χ3n) is 5.18. The molecular weight excluding hydrogens is 450 g/mol. The van der Waals surface area contributed by atoms with Gasteiger partial charge >= 0.3 is 12.0 Å². The fourth-order valence-electron chi connectivity index (χ4n) is 3.64. The van der Waals surface area contributed by atoms with Crippen LogP contribution in [0.2, 0.25) is 0 Å². The lowest BCUT2D eigenvalue weighted by Crippen LogP contribution is -2.47. The molecule has 35 heavy (non-hydrogen) atoms. The van der Waals surface area contributed by atoms with Gasteiger partial charge in [0.1, 0.15) is 0 Å². The van der Waals surface area contributed by atoms with E-state index in [2.05, 4.69) is 16.0 Å². The normalized spacial score (nSPS) is 15.4. The van der Waals surface area contributed by atoms with Gasteiger partial charge in [-0.3, -0.25) is 4.79 Å². The highest BCUT2D eigenvalue weighted by atomic mass is 16.5. The summed E-state index contributed by atoms with van der Waals surface area (Å²) >= 11 is 0. The van der Waals surface area contributed by atoms with E-state index in [0.717, 1.165) is 0 Å². The van der Waals surface area contributed by atoms with Crippen LogP contribution in [0, 0.1) is 5.92 Å². The van der Waals surface area contributed by atoms with Crippen molar-refractivity contribution in [2.24, 2.45) is 5.92 Å². The minimum Gasteiger partial charge on any atom is -0.493 e. The molecule has 1 atom stereocenters. The predicted octanol–water partition coefficient (Wildman–Crippen LogP) is 3.93.